The van der Waals surface area contributed by atoms with Gasteiger partial charge in [0.25, 0.3) is 0 Å². The van der Waals surface area contributed by atoms with Crippen molar-refractivity contribution in [3.63, 3.8) is 0 Å². The van der Waals surface area contributed by atoms with Crippen LogP contribution in [0.1, 0.15) is 0 Å². The zero-order valence-corrected chi connectivity index (χ0v) is 11.2. The molecule has 0 spiro atoms. The highest BCUT2D eigenvalue weighted by Gasteiger charge is 2.23. The molecule has 0 radical (unpaired) electrons. The maximum Gasteiger partial charge on any atom is 0.188 e. The molecule has 1 heterocycles. The lowest BCUT2D eigenvalue weighted by atomic mass is 10.2. The van der Waals surface area contributed by atoms with Gasteiger partial charge in [-0.05, 0) is 15.9 Å². The van der Waals surface area contributed by atoms with Crippen molar-refractivity contribution in [1.82, 2.24) is 0 Å². The van der Waals surface area contributed by atoms with Gasteiger partial charge in [0.2, 0.25) is 0 Å². The average molecular weight is 305 g/mol. The number of hydrogen-bond acceptors (Lipinski definition) is 5. The summed E-state index contributed by atoms with van der Waals surface area (Å²) in [6, 6.07) is 1.74. The molecule has 0 aliphatic carbocycles. The van der Waals surface area contributed by atoms with E-state index in [-0.39, 0.29) is 6.79 Å². The summed E-state index contributed by atoms with van der Waals surface area (Å²) in [6.07, 6.45) is 0. The van der Waals surface area contributed by atoms with Crippen LogP contribution in [-0.2, 0) is 4.74 Å². The summed E-state index contributed by atoms with van der Waals surface area (Å²) in [5, 5.41) is 0. The SMILES string of the molecule is COCOc1c(OC)cc2c(c1Br)OCCO2. The Balaban J connectivity index is 2.41. The van der Waals surface area contributed by atoms with Crippen LogP contribution in [0.5, 0.6) is 23.0 Å². The van der Waals surface area contributed by atoms with Gasteiger partial charge in [-0.3, -0.25) is 0 Å². The fourth-order valence-electron chi connectivity index (χ4n) is 1.51. The van der Waals surface area contributed by atoms with Crippen molar-refractivity contribution < 1.29 is 23.7 Å². The highest BCUT2D eigenvalue weighted by atomic mass is 79.9. The average Bonchev–Trinajstić information content (AvgIpc) is 2.37. The lowest BCUT2D eigenvalue weighted by Gasteiger charge is -2.22. The molecule has 0 aromatic heterocycles. The van der Waals surface area contributed by atoms with Crippen LogP contribution in [0, 0.1) is 0 Å². The van der Waals surface area contributed by atoms with Gasteiger partial charge in [-0.25, -0.2) is 0 Å². The van der Waals surface area contributed by atoms with Crippen molar-refractivity contribution in [3.8, 4) is 23.0 Å². The largest absolute Gasteiger partial charge is 0.493 e. The zero-order valence-electron chi connectivity index (χ0n) is 9.62. The van der Waals surface area contributed by atoms with Crippen molar-refractivity contribution in [3.05, 3.63) is 10.5 Å². The standard InChI is InChI=1S/C11H13BrO5/c1-13-6-17-10-7(14-2)5-8-11(9(10)12)16-4-3-15-8/h5H,3-4,6H2,1-2H3. The molecule has 0 unspecified atom stereocenters. The molecule has 0 N–H and O–H groups in total. The molecule has 6 heteroatoms. The molecule has 0 amide bonds. The zero-order chi connectivity index (χ0) is 12.3. The first kappa shape index (κ1) is 12.3. The summed E-state index contributed by atoms with van der Waals surface area (Å²) in [6.45, 7) is 1.18. The van der Waals surface area contributed by atoms with Crippen LogP contribution in [-0.4, -0.2) is 34.2 Å². The highest BCUT2D eigenvalue weighted by molar-refractivity contribution is 9.10. The van der Waals surface area contributed by atoms with Gasteiger partial charge >= 0.3 is 0 Å². The Hall–Kier alpha value is -1.14. The molecule has 94 valence electrons. The second kappa shape index (κ2) is 5.46. The van der Waals surface area contributed by atoms with E-state index in [2.05, 4.69) is 15.9 Å². The minimum Gasteiger partial charge on any atom is -0.493 e. The van der Waals surface area contributed by atoms with Crippen LogP contribution in [0.4, 0.5) is 0 Å². The van der Waals surface area contributed by atoms with Gasteiger partial charge in [0.15, 0.2) is 29.8 Å². The first-order valence-corrected chi connectivity index (χ1v) is 5.85. The second-order valence-electron chi connectivity index (χ2n) is 3.30. The van der Waals surface area contributed by atoms with Crippen LogP contribution >= 0.6 is 15.9 Å². The normalized spacial score (nSPS) is 13.4. The number of benzene rings is 1. The van der Waals surface area contributed by atoms with Gasteiger partial charge in [0, 0.05) is 13.2 Å². The number of methoxy groups -OCH3 is 2. The Kier molecular flexibility index (Phi) is 3.96. The Bertz CT molecular complexity index is 407. The van der Waals surface area contributed by atoms with E-state index in [9.17, 15) is 0 Å². The Morgan fingerprint density at radius 1 is 1.29 bits per heavy atom. The fourth-order valence-corrected chi connectivity index (χ4v) is 2.13. The molecule has 1 aromatic rings. The molecular weight excluding hydrogens is 292 g/mol. The van der Waals surface area contributed by atoms with E-state index >= 15 is 0 Å². The van der Waals surface area contributed by atoms with E-state index in [0.29, 0.717) is 40.7 Å². The quantitative estimate of drug-likeness (QED) is 0.798. The molecule has 17 heavy (non-hydrogen) atoms. The van der Waals surface area contributed by atoms with Crippen molar-refractivity contribution in [2.75, 3.05) is 34.2 Å². The lowest BCUT2D eigenvalue weighted by Crippen LogP contribution is -2.16. The summed E-state index contributed by atoms with van der Waals surface area (Å²) in [4.78, 5) is 0. The number of halogens is 1. The molecular formula is C11H13BrO5. The van der Waals surface area contributed by atoms with E-state index in [0.717, 1.165) is 0 Å². The third kappa shape index (κ3) is 2.42. The molecule has 0 saturated heterocycles. The molecule has 5 nitrogen and oxygen atoms in total. The predicted molar refractivity (Wildman–Crippen MR) is 64.2 cm³/mol. The minimum atomic E-state index is 0.134. The summed E-state index contributed by atoms with van der Waals surface area (Å²) >= 11 is 3.42. The molecule has 0 fully saturated rings. The van der Waals surface area contributed by atoms with Crippen molar-refractivity contribution in [2.24, 2.45) is 0 Å². The Labute approximate surface area is 108 Å². The molecule has 0 atom stereocenters. The number of hydrogen-bond donors (Lipinski definition) is 0. The first-order chi connectivity index (χ1) is 8.27. The van der Waals surface area contributed by atoms with Crippen molar-refractivity contribution >= 4 is 15.9 Å². The Morgan fingerprint density at radius 3 is 2.76 bits per heavy atom. The van der Waals surface area contributed by atoms with E-state index in [1.807, 2.05) is 0 Å². The molecule has 0 bridgehead atoms. The van der Waals surface area contributed by atoms with Crippen LogP contribution in [0.25, 0.3) is 0 Å². The van der Waals surface area contributed by atoms with Gasteiger partial charge < -0.3 is 23.7 Å². The van der Waals surface area contributed by atoms with E-state index in [4.69, 9.17) is 23.7 Å². The van der Waals surface area contributed by atoms with Gasteiger partial charge in [-0.1, -0.05) is 0 Å². The number of rotatable bonds is 4. The maximum atomic E-state index is 5.53. The van der Waals surface area contributed by atoms with Crippen LogP contribution < -0.4 is 18.9 Å². The number of ether oxygens (including phenoxy) is 5. The molecule has 1 aliphatic rings. The maximum absolute atomic E-state index is 5.53. The van der Waals surface area contributed by atoms with Gasteiger partial charge in [0.1, 0.15) is 17.7 Å². The molecule has 1 aromatic carbocycles. The third-order valence-electron chi connectivity index (χ3n) is 2.24. The molecule has 2 rings (SSSR count). The summed E-state index contributed by atoms with van der Waals surface area (Å²) < 4.78 is 27.2. The molecule has 0 saturated carbocycles. The minimum absolute atomic E-state index is 0.134. The van der Waals surface area contributed by atoms with E-state index < -0.39 is 0 Å². The van der Waals surface area contributed by atoms with E-state index in [1.54, 1.807) is 20.3 Å². The first-order valence-electron chi connectivity index (χ1n) is 5.05. The Morgan fingerprint density at radius 2 is 2.06 bits per heavy atom. The lowest BCUT2D eigenvalue weighted by molar-refractivity contribution is 0.0479. The van der Waals surface area contributed by atoms with Crippen LogP contribution in [0.15, 0.2) is 10.5 Å². The number of fused-ring (bicyclic) bond motifs is 1. The van der Waals surface area contributed by atoms with Crippen LogP contribution in [0.3, 0.4) is 0 Å². The van der Waals surface area contributed by atoms with Gasteiger partial charge in [-0.15, -0.1) is 0 Å². The predicted octanol–water partition coefficient (Wildman–Crippen LogP) is 2.21. The highest BCUT2D eigenvalue weighted by Crippen LogP contribution is 2.48. The van der Waals surface area contributed by atoms with Gasteiger partial charge in [-0.2, -0.15) is 0 Å². The van der Waals surface area contributed by atoms with Crippen LogP contribution in [0.2, 0.25) is 0 Å². The molecule has 1 aliphatic heterocycles. The smallest absolute Gasteiger partial charge is 0.188 e. The summed E-state index contributed by atoms with van der Waals surface area (Å²) in [5.41, 5.74) is 0. The van der Waals surface area contributed by atoms with Crippen molar-refractivity contribution in [1.29, 1.82) is 0 Å². The summed E-state index contributed by atoms with van der Waals surface area (Å²) in [5.74, 6) is 2.38. The monoisotopic (exact) mass is 304 g/mol. The topological polar surface area (TPSA) is 46.2 Å². The van der Waals surface area contributed by atoms with Gasteiger partial charge in [0.05, 0.1) is 7.11 Å². The van der Waals surface area contributed by atoms with E-state index in [1.165, 1.54) is 0 Å². The summed E-state index contributed by atoms with van der Waals surface area (Å²) in [7, 11) is 3.12. The van der Waals surface area contributed by atoms with Crippen molar-refractivity contribution in [2.45, 2.75) is 0 Å². The second-order valence-corrected chi connectivity index (χ2v) is 4.09. The fraction of sp³-hybridized carbons (Fsp3) is 0.455. The third-order valence-corrected chi connectivity index (χ3v) is 2.96.